The zero-order valence-electron chi connectivity index (χ0n) is 24.7. The van der Waals surface area contributed by atoms with Crippen LogP contribution in [0.5, 0.6) is 0 Å². The molecule has 0 bridgehead atoms. The Bertz CT molecular complexity index is 782. The van der Waals surface area contributed by atoms with E-state index in [1.54, 1.807) is 32.7 Å². The number of unbranched alkanes of at least 4 members (excludes halogenated alkanes) is 1. The first-order valence-electron chi connectivity index (χ1n) is 14.1. The molecule has 8 nitrogen and oxygen atoms in total. The zero-order chi connectivity index (χ0) is 28.3. The molecule has 0 radical (unpaired) electrons. The Balaban J connectivity index is 2.92. The first-order chi connectivity index (χ1) is 17.3. The fraction of sp³-hybridized carbons (Fsp3) is 0.862. The van der Waals surface area contributed by atoms with E-state index in [0.717, 1.165) is 32.1 Å². The average Bonchev–Trinajstić information content (AvgIpc) is 3.27. The Labute approximate surface area is 224 Å². The molecule has 1 fully saturated rings. The van der Waals surface area contributed by atoms with Crippen molar-refractivity contribution in [3.8, 4) is 0 Å². The lowest BCUT2D eigenvalue weighted by atomic mass is 9.64. The molecule has 0 aromatic heterocycles. The summed E-state index contributed by atoms with van der Waals surface area (Å²) in [6.45, 7) is 15.0. The smallest absolute Gasteiger partial charge is 0.311 e. The topological polar surface area (TPSA) is 102 Å². The van der Waals surface area contributed by atoms with Gasteiger partial charge in [-0.3, -0.25) is 19.2 Å². The minimum Gasteiger partial charge on any atom is -0.465 e. The summed E-state index contributed by atoms with van der Waals surface area (Å²) in [5.41, 5.74) is -2.85. The highest BCUT2D eigenvalue weighted by Gasteiger charge is 2.48. The van der Waals surface area contributed by atoms with Crippen LogP contribution < -0.4 is 5.32 Å². The van der Waals surface area contributed by atoms with Crippen LogP contribution in [-0.4, -0.2) is 62.0 Å². The second-order valence-electron chi connectivity index (χ2n) is 11.9. The molecule has 1 aliphatic heterocycles. The van der Waals surface area contributed by atoms with Crippen LogP contribution in [0.25, 0.3) is 0 Å². The van der Waals surface area contributed by atoms with Crippen LogP contribution in [-0.2, 0) is 28.7 Å². The molecular weight excluding hydrogens is 472 g/mol. The van der Waals surface area contributed by atoms with Gasteiger partial charge in [0, 0.05) is 25.4 Å². The fourth-order valence-electron chi connectivity index (χ4n) is 5.43. The highest BCUT2D eigenvalue weighted by Crippen LogP contribution is 2.45. The Kier molecular flexibility index (Phi) is 13.1. The molecule has 8 heteroatoms. The van der Waals surface area contributed by atoms with E-state index in [-0.39, 0.29) is 37.2 Å². The van der Waals surface area contributed by atoms with Crippen LogP contribution in [0.2, 0.25) is 0 Å². The molecule has 1 rings (SSSR count). The Morgan fingerprint density at radius 1 is 1.00 bits per heavy atom. The third-order valence-electron chi connectivity index (χ3n) is 7.97. The van der Waals surface area contributed by atoms with Gasteiger partial charge in [-0.15, -0.1) is 0 Å². The highest BCUT2D eigenvalue weighted by atomic mass is 16.5. The summed E-state index contributed by atoms with van der Waals surface area (Å²) >= 11 is 0. The van der Waals surface area contributed by atoms with Crippen LogP contribution in [0.15, 0.2) is 0 Å². The van der Waals surface area contributed by atoms with Gasteiger partial charge in [0.25, 0.3) is 0 Å². The maximum absolute atomic E-state index is 13.3. The molecule has 1 N–H and O–H groups in total. The van der Waals surface area contributed by atoms with Crippen molar-refractivity contribution in [2.24, 2.45) is 22.2 Å². The number of carbonyl (C=O) groups excluding carboxylic acids is 4. The molecule has 1 aliphatic rings. The van der Waals surface area contributed by atoms with E-state index in [2.05, 4.69) is 19.2 Å². The van der Waals surface area contributed by atoms with E-state index in [4.69, 9.17) is 9.47 Å². The number of esters is 2. The maximum Gasteiger partial charge on any atom is 0.311 e. The van der Waals surface area contributed by atoms with Crippen molar-refractivity contribution < 1.29 is 28.7 Å². The van der Waals surface area contributed by atoms with Gasteiger partial charge in [-0.1, -0.05) is 47.0 Å². The molecule has 0 saturated carbocycles. The Morgan fingerprint density at radius 2 is 1.68 bits per heavy atom. The van der Waals surface area contributed by atoms with E-state index in [1.165, 1.54) is 0 Å². The van der Waals surface area contributed by atoms with E-state index < -0.39 is 22.2 Å². The van der Waals surface area contributed by atoms with Gasteiger partial charge in [-0.25, -0.2) is 0 Å². The van der Waals surface area contributed by atoms with Crippen molar-refractivity contribution in [1.29, 1.82) is 0 Å². The summed E-state index contributed by atoms with van der Waals surface area (Å²) in [6.07, 6.45) is 6.54. The predicted molar refractivity (Wildman–Crippen MR) is 145 cm³/mol. The first-order valence-corrected chi connectivity index (χ1v) is 14.1. The summed E-state index contributed by atoms with van der Waals surface area (Å²) < 4.78 is 11.3. The van der Waals surface area contributed by atoms with Crippen molar-refractivity contribution in [2.45, 2.75) is 106 Å². The van der Waals surface area contributed by atoms with Crippen LogP contribution in [0.4, 0.5) is 0 Å². The molecule has 0 aromatic rings. The summed E-state index contributed by atoms with van der Waals surface area (Å²) in [4.78, 5) is 53.0. The van der Waals surface area contributed by atoms with Gasteiger partial charge in [0.15, 0.2) is 0 Å². The van der Waals surface area contributed by atoms with Crippen LogP contribution in [0.3, 0.4) is 0 Å². The van der Waals surface area contributed by atoms with Crippen LogP contribution >= 0.6 is 0 Å². The predicted octanol–water partition coefficient (Wildman–Crippen LogP) is 4.89. The van der Waals surface area contributed by atoms with Gasteiger partial charge in [-0.2, -0.15) is 0 Å². The highest BCUT2D eigenvalue weighted by molar-refractivity contribution is 5.85. The van der Waals surface area contributed by atoms with Gasteiger partial charge in [-0.05, 0) is 58.8 Å². The maximum atomic E-state index is 13.3. The fourth-order valence-corrected chi connectivity index (χ4v) is 5.43. The number of ether oxygens (including phenoxy) is 2. The van der Waals surface area contributed by atoms with Gasteiger partial charge in [0.1, 0.15) is 6.61 Å². The summed E-state index contributed by atoms with van der Waals surface area (Å²) in [5, 5.41) is 2.73. The van der Waals surface area contributed by atoms with Gasteiger partial charge in [0.2, 0.25) is 11.8 Å². The van der Waals surface area contributed by atoms with Crippen molar-refractivity contribution >= 4 is 23.8 Å². The molecule has 37 heavy (non-hydrogen) atoms. The third kappa shape index (κ3) is 9.60. The molecule has 2 amide bonds. The van der Waals surface area contributed by atoms with Crippen molar-refractivity contribution in [1.82, 2.24) is 10.2 Å². The van der Waals surface area contributed by atoms with Crippen LogP contribution in [0, 0.1) is 22.2 Å². The number of nitrogens with zero attached hydrogens (tertiary/aromatic N) is 1. The number of hydrogen-bond donors (Lipinski definition) is 1. The standard InChI is InChI=1S/C29H52N2O6/c1-9-12-14-22(10-2)19-37-26(35)28(6,11-3)21-29(7,24(33)30-8)20-27(4,5)25(34)36-18-17-31-16-13-15-23(31)32/h22H,9-21H2,1-8H3,(H,30,33). The molecule has 0 spiro atoms. The minimum atomic E-state index is -1.00. The zero-order valence-corrected chi connectivity index (χ0v) is 24.7. The van der Waals surface area contributed by atoms with Gasteiger partial charge < -0.3 is 19.7 Å². The lowest BCUT2D eigenvalue weighted by Gasteiger charge is -2.40. The molecule has 214 valence electrons. The van der Waals surface area contributed by atoms with E-state index >= 15 is 0 Å². The molecule has 3 unspecified atom stereocenters. The lowest BCUT2D eigenvalue weighted by Crippen LogP contribution is -2.47. The molecule has 0 aromatic carbocycles. The van der Waals surface area contributed by atoms with Crippen LogP contribution in [0.1, 0.15) is 106 Å². The molecule has 1 heterocycles. The number of rotatable bonds is 17. The first kappa shape index (κ1) is 32.9. The van der Waals surface area contributed by atoms with E-state index in [0.29, 0.717) is 38.5 Å². The summed E-state index contributed by atoms with van der Waals surface area (Å²) in [5.74, 6) is -0.519. The van der Waals surface area contributed by atoms with Gasteiger partial charge >= 0.3 is 11.9 Å². The number of carbonyl (C=O) groups is 4. The van der Waals surface area contributed by atoms with E-state index in [1.807, 2.05) is 13.8 Å². The monoisotopic (exact) mass is 524 g/mol. The number of nitrogens with one attached hydrogen (secondary N) is 1. The molecular formula is C29H52N2O6. The SMILES string of the molecule is CCCCC(CC)COC(=O)C(C)(CC)CC(C)(CC(C)(C)C(=O)OCCN1CCCC1=O)C(=O)NC. The number of hydrogen-bond acceptors (Lipinski definition) is 6. The average molecular weight is 525 g/mol. The molecule has 1 saturated heterocycles. The second kappa shape index (κ2) is 14.7. The normalized spacial score (nSPS) is 18.1. The third-order valence-corrected chi connectivity index (χ3v) is 7.97. The van der Waals surface area contributed by atoms with Crippen molar-refractivity contribution in [3.63, 3.8) is 0 Å². The van der Waals surface area contributed by atoms with Crippen molar-refractivity contribution in [3.05, 3.63) is 0 Å². The Morgan fingerprint density at radius 3 is 2.19 bits per heavy atom. The Hall–Kier alpha value is -2.12. The molecule has 3 atom stereocenters. The summed E-state index contributed by atoms with van der Waals surface area (Å²) in [6, 6.07) is 0. The van der Waals surface area contributed by atoms with E-state index in [9.17, 15) is 19.2 Å². The molecule has 0 aliphatic carbocycles. The number of likely N-dealkylation sites (tertiary alicyclic amines) is 1. The van der Waals surface area contributed by atoms with Gasteiger partial charge in [0.05, 0.1) is 24.0 Å². The largest absolute Gasteiger partial charge is 0.465 e. The second-order valence-corrected chi connectivity index (χ2v) is 11.9. The summed E-state index contributed by atoms with van der Waals surface area (Å²) in [7, 11) is 1.57. The number of amides is 2. The minimum absolute atomic E-state index is 0.0869. The quantitative estimate of drug-likeness (QED) is 0.272. The van der Waals surface area contributed by atoms with Crippen molar-refractivity contribution in [2.75, 3.05) is 33.4 Å². The lowest BCUT2D eigenvalue weighted by molar-refractivity contribution is -0.162.